The molecule has 2 unspecified atom stereocenters. The molecule has 2 rings (SSSR count). The maximum atomic E-state index is 12.2. The van der Waals surface area contributed by atoms with Crippen LogP contribution in [0.4, 0.5) is 0 Å². The summed E-state index contributed by atoms with van der Waals surface area (Å²) in [5.41, 5.74) is 0. The van der Waals surface area contributed by atoms with Gasteiger partial charge in [0.25, 0.3) is 5.91 Å². The van der Waals surface area contributed by atoms with E-state index in [1.165, 1.54) is 32.1 Å². The van der Waals surface area contributed by atoms with E-state index in [0.717, 1.165) is 19.3 Å². The average molecular weight is 295 g/mol. The number of hydrogen-bond acceptors (Lipinski definition) is 3. The van der Waals surface area contributed by atoms with E-state index >= 15 is 0 Å². The summed E-state index contributed by atoms with van der Waals surface area (Å²) in [6, 6.07) is 0.525. The summed E-state index contributed by atoms with van der Waals surface area (Å²) in [5, 5.41) is 0. The molecule has 4 heteroatoms. The van der Waals surface area contributed by atoms with Crippen molar-refractivity contribution < 1.29 is 14.3 Å². The van der Waals surface area contributed by atoms with Crippen molar-refractivity contribution in [3.63, 3.8) is 0 Å². The maximum absolute atomic E-state index is 12.2. The van der Waals surface area contributed by atoms with E-state index in [1.807, 2.05) is 4.90 Å². The van der Waals surface area contributed by atoms with Crippen LogP contribution in [-0.2, 0) is 14.3 Å². The van der Waals surface area contributed by atoms with Gasteiger partial charge in [-0.3, -0.25) is 9.59 Å². The van der Waals surface area contributed by atoms with Gasteiger partial charge in [0.05, 0.1) is 0 Å². The standard InChI is InChI=1S/C17H29NO3/c1-13-6-5-7-14(2)18(13)16(19)12-21-17(20)11-10-15-8-3-4-9-15/h13-15H,3-12H2,1-2H3. The van der Waals surface area contributed by atoms with E-state index < -0.39 is 0 Å². The second kappa shape index (κ2) is 7.81. The van der Waals surface area contributed by atoms with Crippen molar-refractivity contribution in [2.24, 2.45) is 5.92 Å². The molecule has 0 aromatic heterocycles. The van der Waals surface area contributed by atoms with Crippen LogP contribution in [0.3, 0.4) is 0 Å². The molecule has 1 aliphatic heterocycles. The van der Waals surface area contributed by atoms with Crippen LogP contribution in [-0.4, -0.2) is 35.5 Å². The average Bonchev–Trinajstić information content (AvgIpc) is 2.96. The minimum Gasteiger partial charge on any atom is -0.456 e. The van der Waals surface area contributed by atoms with E-state index in [1.54, 1.807) is 0 Å². The number of nitrogens with zero attached hydrogens (tertiary/aromatic N) is 1. The third-order valence-corrected chi connectivity index (χ3v) is 5.07. The zero-order valence-corrected chi connectivity index (χ0v) is 13.5. The second-order valence-corrected chi connectivity index (χ2v) is 6.78. The molecule has 1 saturated heterocycles. The molecular weight excluding hydrogens is 266 g/mol. The summed E-state index contributed by atoms with van der Waals surface area (Å²) in [6.07, 6.45) is 9.73. The van der Waals surface area contributed by atoms with E-state index in [4.69, 9.17) is 4.74 Å². The summed E-state index contributed by atoms with van der Waals surface area (Å²) in [4.78, 5) is 25.9. The highest BCUT2D eigenvalue weighted by molar-refractivity contribution is 5.81. The van der Waals surface area contributed by atoms with Crippen LogP contribution in [0.1, 0.15) is 71.6 Å². The first kappa shape index (κ1) is 16.3. The van der Waals surface area contributed by atoms with Crippen molar-refractivity contribution in [3.05, 3.63) is 0 Å². The Balaban J connectivity index is 1.68. The Bertz CT molecular complexity index is 353. The summed E-state index contributed by atoms with van der Waals surface area (Å²) >= 11 is 0. The Hall–Kier alpha value is -1.06. The smallest absolute Gasteiger partial charge is 0.306 e. The number of piperidine rings is 1. The fourth-order valence-corrected chi connectivity index (χ4v) is 3.82. The monoisotopic (exact) mass is 295 g/mol. The number of rotatable bonds is 5. The van der Waals surface area contributed by atoms with Crippen molar-refractivity contribution in [1.82, 2.24) is 4.90 Å². The maximum Gasteiger partial charge on any atom is 0.306 e. The van der Waals surface area contributed by atoms with Crippen molar-refractivity contribution in [3.8, 4) is 0 Å². The fourth-order valence-electron chi connectivity index (χ4n) is 3.82. The normalized spacial score (nSPS) is 26.9. The molecule has 1 saturated carbocycles. The number of carbonyl (C=O) groups is 2. The molecule has 0 aromatic carbocycles. The van der Waals surface area contributed by atoms with Crippen molar-refractivity contribution >= 4 is 11.9 Å². The Morgan fingerprint density at radius 2 is 1.62 bits per heavy atom. The summed E-state index contributed by atoms with van der Waals surface area (Å²) in [7, 11) is 0. The van der Waals surface area contributed by atoms with E-state index in [9.17, 15) is 9.59 Å². The molecule has 2 aliphatic rings. The molecule has 2 fully saturated rings. The quantitative estimate of drug-likeness (QED) is 0.731. The molecule has 0 bridgehead atoms. The zero-order chi connectivity index (χ0) is 15.2. The minimum absolute atomic E-state index is 0.0380. The zero-order valence-electron chi connectivity index (χ0n) is 13.5. The third-order valence-electron chi connectivity index (χ3n) is 5.07. The van der Waals surface area contributed by atoms with Gasteiger partial charge in [0.15, 0.2) is 6.61 Å². The first-order valence-corrected chi connectivity index (χ1v) is 8.54. The second-order valence-electron chi connectivity index (χ2n) is 6.78. The van der Waals surface area contributed by atoms with Crippen LogP contribution in [0.5, 0.6) is 0 Å². The van der Waals surface area contributed by atoms with Crippen LogP contribution in [0.25, 0.3) is 0 Å². The van der Waals surface area contributed by atoms with Gasteiger partial charge in [0.1, 0.15) is 0 Å². The van der Waals surface area contributed by atoms with Gasteiger partial charge in [-0.25, -0.2) is 0 Å². The SMILES string of the molecule is CC1CCCC(C)N1C(=O)COC(=O)CCC1CCCC1. The van der Waals surface area contributed by atoms with Crippen molar-refractivity contribution in [1.29, 1.82) is 0 Å². The molecule has 2 atom stereocenters. The number of esters is 1. The van der Waals surface area contributed by atoms with Gasteiger partial charge in [-0.1, -0.05) is 25.7 Å². The largest absolute Gasteiger partial charge is 0.456 e. The van der Waals surface area contributed by atoms with Gasteiger partial charge in [-0.15, -0.1) is 0 Å². The highest BCUT2D eigenvalue weighted by Crippen LogP contribution is 2.28. The lowest BCUT2D eigenvalue weighted by Gasteiger charge is -2.38. The molecular formula is C17H29NO3. The van der Waals surface area contributed by atoms with Gasteiger partial charge in [0.2, 0.25) is 0 Å². The molecule has 4 nitrogen and oxygen atoms in total. The molecule has 0 aromatic rings. The van der Waals surface area contributed by atoms with E-state index in [0.29, 0.717) is 12.3 Å². The van der Waals surface area contributed by atoms with Gasteiger partial charge < -0.3 is 9.64 Å². The first-order chi connectivity index (χ1) is 10.1. The Morgan fingerprint density at radius 3 is 2.24 bits per heavy atom. The predicted molar refractivity (Wildman–Crippen MR) is 81.8 cm³/mol. The molecule has 1 aliphatic carbocycles. The topological polar surface area (TPSA) is 46.6 Å². The summed E-state index contributed by atoms with van der Waals surface area (Å²) in [5.74, 6) is 0.437. The molecule has 21 heavy (non-hydrogen) atoms. The Labute approximate surface area is 128 Å². The lowest BCUT2D eigenvalue weighted by Crippen LogP contribution is -2.49. The molecule has 0 radical (unpaired) electrons. The van der Waals surface area contributed by atoms with Crippen molar-refractivity contribution in [2.75, 3.05) is 6.61 Å². The molecule has 120 valence electrons. The van der Waals surface area contributed by atoms with E-state index in [-0.39, 0.29) is 30.6 Å². The number of ether oxygens (including phenoxy) is 1. The van der Waals surface area contributed by atoms with Crippen LogP contribution < -0.4 is 0 Å². The predicted octanol–water partition coefficient (Wildman–Crippen LogP) is 3.29. The summed E-state index contributed by atoms with van der Waals surface area (Å²) < 4.78 is 5.18. The number of hydrogen-bond donors (Lipinski definition) is 0. The fraction of sp³-hybridized carbons (Fsp3) is 0.882. The van der Waals surface area contributed by atoms with Gasteiger partial charge >= 0.3 is 5.97 Å². The van der Waals surface area contributed by atoms with Crippen LogP contribution in [0, 0.1) is 5.92 Å². The number of likely N-dealkylation sites (tertiary alicyclic amines) is 1. The Kier molecular flexibility index (Phi) is 6.07. The third kappa shape index (κ3) is 4.72. The number of carbonyl (C=O) groups excluding carboxylic acids is 2. The summed E-state index contributed by atoms with van der Waals surface area (Å²) in [6.45, 7) is 4.07. The first-order valence-electron chi connectivity index (χ1n) is 8.54. The molecule has 1 amide bonds. The van der Waals surface area contributed by atoms with Crippen LogP contribution in [0.2, 0.25) is 0 Å². The highest BCUT2D eigenvalue weighted by atomic mass is 16.5. The van der Waals surface area contributed by atoms with Crippen molar-refractivity contribution in [2.45, 2.75) is 83.7 Å². The van der Waals surface area contributed by atoms with E-state index in [2.05, 4.69) is 13.8 Å². The minimum atomic E-state index is -0.215. The van der Waals surface area contributed by atoms with Gasteiger partial charge in [-0.2, -0.15) is 0 Å². The molecule has 0 spiro atoms. The number of amides is 1. The van der Waals surface area contributed by atoms with Crippen LogP contribution >= 0.6 is 0 Å². The van der Waals surface area contributed by atoms with Gasteiger partial charge in [0, 0.05) is 18.5 Å². The van der Waals surface area contributed by atoms with Gasteiger partial charge in [-0.05, 0) is 45.4 Å². The Morgan fingerprint density at radius 1 is 1.00 bits per heavy atom. The lowest BCUT2D eigenvalue weighted by molar-refractivity contribution is -0.155. The highest BCUT2D eigenvalue weighted by Gasteiger charge is 2.29. The molecule has 1 heterocycles. The molecule has 0 N–H and O–H groups in total. The van der Waals surface area contributed by atoms with Crippen LogP contribution in [0.15, 0.2) is 0 Å². The lowest BCUT2D eigenvalue weighted by atomic mass is 9.97.